The number of nitrogens with one attached hydrogen (secondary N) is 1. The molecule has 0 saturated heterocycles. The van der Waals surface area contributed by atoms with Crippen LogP contribution in [0, 0.1) is 17.0 Å². The second kappa shape index (κ2) is 5.84. The van der Waals surface area contributed by atoms with E-state index in [1.54, 1.807) is 23.5 Å². The van der Waals surface area contributed by atoms with E-state index in [4.69, 9.17) is 0 Å². The molecule has 4 nitrogen and oxygen atoms in total. The van der Waals surface area contributed by atoms with Gasteiger partial charge in [0.15, 0.2) is 0 Å². The van der Waals surface area contributed by atoms with Crippen molar-refractivity contribution in [2.75, 3.05) is 5.32 Å². The lowest BCUT2D eigenvalue weighted by Crippen LogP contribution is -2.18. The van der Waals surface area contributed by atoms with E-state index in [0.717, 1.165) is 17.7 Å². The summed E-state index contributed by atoms with van der Waals surface area (Å²) in [6, 6.07) is 7.24. The predicted octanol–water partition coefficient (Wildman–Crippen LogP) is 4.01. The Hall–Kier alpha value is -1.88. The Kier molecular flexibility index (Phi) is 4.16. The van der Waals surface area contributed by atoms with Gasteiger partial charge in [-0.25, -0.2) is 0 Å². The number of aryl methyl sites for hydroxylation is 1. The van der Waals surface area contributed by atoms with Crippen LogP contribution in [0.3, 0.4) is 0 Å². The fraction of sp³-hybridized carbons (Fsp3) is 0.286. The summed E-state index contributed by atoms with van der Waals surface area (Å²) in [5.74, 6) is 0. The molecule has 1 N–H and O–H groups in total. The molecule has 1 unspecified atom stereocenters. The maximum atomic E-state index is 10.8. The lowest BCUT2D eigenvalue weighted by molar-refractivity contribution is -0.384. The quantitative estimate of drug-likeness (QED) is 0.663. The second-order valence-electron chi connectivity index (χ2n) is 4.64. The fourth-order valence-corrected chi connectivity index (χ4v) is 2.64. The highest BCUT2D eigenvalue weighted by molar-refractivity contribution is 7.07. The largest absolute Gasteiger partial charge is 0.382 e. The van der Waals surface area contributed by atoms with Crippen LogP contribution >= 0.6 is 11.3 Å². The van der Waals surface area contributed by atoms with Gasteiger partial charge in [0.05, 0.1) is 4.92 Å². The standard InChI is InChI=1S/C14H16N2O2S/c1-10-3-4-13(16(17)18)8-14(10)15-11(2)7-12-5-6-19-9-12/h3-6,8-9,11,15H,7H2,1-2H3. The number of thiophene rings is 1. The normalized spacial score (nSPS) is 12.1. The number of non-ortho nitro benzene ring substituents is 1. The number of hydrogen-bond acceptors (Lipinski definition) is 4. The molecule has 0 aliphatic carbocycles. The summed E-state index contributed by atoms with van der Waals surface area (Å²) in [5.41, 5.74) is 3.25. The molecular weight excluding hydrogens is 260 g/mol. The van der Waals surface area contributed by atoms with Gasteiger partial charge in [0.25, 0.3) is 5.69 Å². The molecule has 100 valence electrons. The first-order valence-electron chi connectivity index (χ1n) is 6.09. The van der Waals surface area contributed by atoms with Crippen LogP contribution in [0.5, 0.6) is 0 Å². The molecule has 5 heteroatoms. The van der Waals surface area contributed by atoms with E-state index in [-0.39, 0.29) is 16.7 Å². The SMILES string of the molecule is Cc1ccc([N+](=O)[O-])cc1NC(C)Cc1ccsc1. The van der Waals surface area contributed by atoms with Gasteiger partial charge in [-0.1, -0.05) is 6.07 Å². The van der Waals surface area contributed by atoms with E-state index in [9.17, 15) is 10.1 Å². The molecule has 0 amide bonds. The number of nitrogens with zero attached hydrogens (tertiary/aromatic N) is 1. The first kappa shape index (κ1) is 13.5. The van der Waals surface area contributed by atoms with E-state index in [2.05, 4.69) is 29.1 Å². The Balaban J connectivity index is 2.09. The highest BCUT2D eigenvalue weighted by Gasteiger charge is 2.11. The highest BCUT2D eigenvalue weighted by atomic mass is 32.1. The number of nitro benzene ring substituents is 1. The number of rotatable bonds is 5. The molecule has 0 radical (unpaired) electrons. The summed E-state index contributed by atoms with van der Waals surface area (Å²) < 4.78 is 0. The zero-order valence-corrected chi connectivity index (χ0v) is 11.7. The first-order chi connectivity index (χ1) is 9.06. The van der Waals surface area contributed by atoms with Crippen molar-refractivity contribution in [3.63, 3.8) is 0 Å². The van der Waals surface area contributed by atoms with E-state index in [1.165, 1.54) is 11.6 Å². The second-order valence-corrected chi connectivity index (χ2v) is 5.42. The van der Waals surface area contributed by atoms with E-state index >= 15 is 0 Å². The van der Waals surface area contributed by atoms with Crippen LogP contribution in [0.15, 0.2) is 35.0 Å². The van der Waals surface area contributed by atoms with Crippen LogP contribution in [-0.2, 0) is 6.42 Å². The van der Waals surface area contributed by atoms with Gasteiger partial charge in [-0.3, -0.25) is 10.1 Å². The summed E-state index contributed by atoms with van der Waals surface area (Å²) in [5, 5.41) is 18.3. The highest BCUT2D eigenvalue weighted by Crippen LogP contribution is 2.23. The average Bonchev–Trinajstić information content (AvgIpc) is 2.84. The van der Waals surface area contributed by atoms with Gasteiger partial charge in [0, 0.05) is 23.9 Å². The Labute approximate surface area is 116 Å². The molecule has 1 aromatic carbocycles. The molecule has 0 bridgehead atoms. The molecule has 0 aliphatic heterocycles. The maximum Gasteiger partial charge on any atom is 0.271 e. The molecule has 2 aromatic rings. The molecule has 1 aromatic heterocycles. The van der Waals surface area contributed by atoms with E-state index in [1.807, 2.05) is 6.92 Å². The summed E-state index contributed by atoms with van der Waals surface area (Å²) >= 11 is 1.68. The molecular formula is C14H16N2O2S. The monoisotopic (exact) mass is 276 g/mol. The first-order valence-corrected chi connectivity index (χ1v) is 7.03. The zero-order chi connectivity index (χ0) is 13.8. The van der Waals surface area contributed by atoms with Crippen LogP contribution in [-0.4, -0.2) is 11.0 Å². The van der Waals surface area contributed by atoms with Gasteiger partial charge in [-0.2, -0.15) is 11.3 Å². The summed E-state index contributed by atoms with van der Waals surface area (Å²) in [4.78, 5) is 10.4. The Morgan fingerprint density at radius 3 is 2.84 bits per heavy atom. The molecule has 0 saturated carbocycles. The smallest absolute Gasteiger partial charge is 0.271 e. The van der Waals surface area contributed by atoms with Gasteiger partial charge >= 0.3 is 0 Å². The zero-order valence-electron chi connectivity index (χ0n) is 10.9. The Morgan fingerprint density at radius 2 is 2.21 bits per heavy atom. The minimum Gasteiger partial charge on any atom is -0.382 e. The lowest BCUT2D eigenvalue weighted by atomic mass is 10.1. The van der Waals surface area contributed by atoms with Gasteiger partial charge in [0.2, 0.25) is 0 Å². The molecule has 2 rings (SSSR count). The van der Waals surface area contributed by atoms with Crippen molar-refractivity contribution < 1.29 is 4.92 Å². The average molecular weight is 276 g/mol. The van der Waals surface area contributed by atoms with Gasteiger partial charge in [-0.05, 0) is 48.2 Å². The van der Waals surface area contributed by atoms with Gasteiger partial charge in [-0.15, -0.1) is 0 Å². The van der Waals surface area contributed by atoms with Crippen molar-refractivity contribution in [3.8, 4) is 0 Å². The van der Waals surface area contributed by atoms with Crippen molar-refractivity contribution in [2.24, 2.45) is 0 Å². The van der Waals surface area contributed by atoms with Crippen LogP contribution in [0.1, 0.15) is 18.1 Å². The Bertz CT molecular complexity index is 567. The summed E-state index contributed by atoms with van der Waals surface area (Å²) in [6.45, 7) is 4.03. The molecule has 1 atom stereocenters. The molecule has 19 heavy (non-hydrogen) atoms. The molecule has 1 heterocycles. The minimum atomic E-state index is -0.367. The minimum absolute atomic E-state index is 0.121. The van der Waals surface area contributed by atoms with Gasteiger partial charge < -0.3 is 5.32 Å². The van der Waals surface area contributed by atoms with Crippen LogP contribution in [0.25, 0.3) is 0 Å². The topological polar surface area (TPSA) is 55.2 Å². The maximum absolute atomic E-state index is 10.8. The molecule has 0 fully saturated rings. The number of benzene rings is 1. The van der Waals surface area contributed by atoms with Gasteiger partial charge in [0.1, 0.15) is 0 Å². The summed E-state index contributed by atoms with van der Waals surface area (Å²) in [6.07, 6.45) is 0.908. The van der Waals surface area contributed by atoms with E-state index in [0.29, 0.717) is 0 Å². The van der Waals surface area contributed by atoms with E-state index < -0.39 is 0 Å². The van der Waals surface area contributed by atoms with Crippen LogP contribution < -0.4 is 5.32 Å². The van der Waals surface area contributed by atoms with Crippen molar-refractivity contribution in [1.29, 1.82) is 0 Å². The number of anilines is 1. The Morgan fingerprint density at radius 1 is 1.42 bits per heavy atom. The lowest BCUT2D eigenvalue weighted by Gasteiger charge is -2.16. The molecule has 0 aliphatic rings. The van der Waals surface area contributed by atoms with Crippen molar-refractivity contribution in [1.82, 2.24) is 0 Å². The van der Waals surface area contributed by atoms with Crippen LogP contribution in [0.2, 0.25) is 0 Å². The third-order valence-electron chi connectivity index (χ3n) is 2.96. The fourth-order valence-electron chi connectivity index (χ4n) is 1.96. The van der Waals surface area contributed by atoms with Crippen molar-refractivity contribution in [2.45, 2.75) is 26.3 Å². The third kappa shape index (κ3) is 3.54. The van der Waals surface area contributed by atoms with Crippen LogP contribution in [0.4, 0.5) is 11.4 Å². The van der Waals surface area contributed by atoms with Crippen molar-refractivity contribution in [3.05, 3.63) is 56.3 Å². The predicted molar refractivity (Wildman–Crippen MR) is 78.9 cm³/mol. The third-order valence-corrected chi connectivity index (χ3v) is 3.69. The molecule has 0 spiro atoms. The number of nitro groups is 1. The number of hydrogen-bond donors (Lipinski definition) is 1. The summed E-state index contributed by atoms with van der Waals surface area (Å²) in [7, 11) is 0. The van der Waals surface area contributed by atoms with Crippen molar-refractivity contribution >= 4 is 22.7 Å².